The molecule has 2 heterocycles. The van der Waals surface area contributed by atoms with E-state index in [0.29, 0.717) is 25.1 Å². The van der Waals surface area contributed by atoms with Gasteiger partial charge in [-0.05, 0) is 29.7 Å². The maximum absolute atomic E-state index is 13.6. The van der Waals surface area contributed by atoms with Crippen molar-refractivity contribution in [2.24, 2.45) is 0 Å². The number of ether oxygens (including phenoxy) is 1. The van der Waals surface area contributed by atoms with E-state index in [1.807, 2.05) is 30.3 Å². The van der Waals surface area contributed by atoms with Gasteiger partial charge in [0.25, 0.3) is 5.91 Å². The molecule has 33 heavy (non-hydrogen) atoms. The Hall–Kier alpha value is -3.65. The van der Waals surface area contributed by atoms with Crippen LogP contribution in [-0.4, -0.2) is 63.9 Å². The predicted octanol–water partition coefficient (Wildman–Crippen LogP) is 2.73. The SMILES string of the molecule is O=C1CN(C(=O)c2cnccn2)CC(OCc2cccc(F)c2)CN1CCc1ccccc1. The second-order valence-electron chi connectivity index (χ2n) is 7.91. The normalized spacial score (nSPS) is 16.5. The molecule has 8 heteroatoms. The molecule has 4 rings (SSSR count). The van der Waals surface area contributed by atoms with Crippen molar-refractivity contribution in [2.75, 3.05) is 26.2 Å². The lowest BCUT2D eigenvalue weighted by molar-refractivity contribution is -0.131. The minimum Gasteiger partial charge on any atom is -0.370 e. The largest absolute Gasteiger partial charge is 0.370 e. The molecule has 1 aliphatic heterocycles. The first-order valence-electron chi connectivity index (χ1n) is 10.8. The molecule has 0 aliphatic carbocycles. The predicted molar refractivity (Wildman–Crippen MR) is 120 cm³/mol. The minimum absolute atomic E-state index is 0.0655. The van der Waals surface area contributed by atoms with Gasteiger partial charge in [-0.15, -0.1) is 0 Å². The van der Waals surface area contributed by atoms with Crippen molar-refractivity contribution in [3.05, 3.63) is 95.8 Å². The first kappa shape index (κ1) is 22.5. The summed E-state index contributed by atoms with van der Waals surface area (Å²) < 4.78 is 19.6. The Morgan fingerprint density at radius 1 is 1.06 bits per heavy atom. The highest BCUT2D eigenvalue weighted by molar-refractivity contribution is 5.95. The molecule has 7 nitrogen and oxygen atoms in total. The van der Waals surface area contributed by atoms with Crippen LogP contribution in [0.25, 0.3) is 0 Å². The summed E-state index contributed by atoms with van der Waals surface area (Å²) in [4.78, 5) is 37.2. The summed E-state index contributed by atoms with van der Waals surface area (Å²) in [5, 5.41) is 0. The summed E-state index contributed by atoms with van der Waals surface area (Å²) in [5.74, 6) is -0.864. The summed E-state index contributed by atoms with van der Waals surface area (Å²) in [6.45, 7) is 1.18. The highest BCUT2D eigenvalue weighted by Crippen LogP contribution is 2.15. The fourth-order valence-electron chi connectivity index (χ4n) is 3.78. The molecule has 0 spiro atoms. The Bertz CT molecular complexity index is 1080. The Balaban J connectivity index is 1.49. The van der Waals surface area contributed by atoms with Crippen LogP contribution in [0.4, 0.5) is 4.39 Å². The standard InChI is InChI=1S/C25H25FN4O3/c26-21-8-4-7-20(13-21)18-33-22-15-29(12-9-19-5-2-1-3-6-19)24(31)17-30(16-22)25(32)23-14-27-10-11-28-23/h1-8,10-11,13-14,22H,9,12,15-18H2. The molecule has 0 N–H and O–H groups in total. The lowest BCUT2D eigenvalue weighted by atomic mass is 10.1. The molecule has 1 atom stereocenters. The van der Waals surface area contributed by atoms with Gasteiger partial charge >= 0.3 is 0 Å². The van der Waals surface area contributed by atoms with E-state index in [-0.39, 0.29) is 43.0 Å². The van der Waals surface area contributed by atoms with E-state index in [1.165, 1.54) is 35.6 Å². The fraction of sp³-hybridized carbons (Fsp3) is 0.280. The summed E-state index contributed by atoms with van der Waals surface area (Å²) in [7, 11) is 0. The molecule has 0 radical (unpaired) electrons. The first-order valence-corrected chi connectivity index (χ1v) is 10.8. The van der Waals surface area contributed by atoms with E-state index in [1.54, 1.807) is 17.0 Å². The Morgan fingerprint density at radius 2 is 1.88 bits per heavy atom. The van der Waals surface area contributed by atoms with Gasteiger partial charge in [-0.3, -0.25) is 14.6 Å². The third kappa shape index (κ3) is 6.20. The van der Waals surface area contributed by atoms with Crippen LogP contribution >= 0.6 is 0 Å². The molecule has 2 amide bonds. The van der Waals surface area contributed by atoms with Crippen LogP contribution in [0.2, 0.25) is 0 Å². The van der Waals surface area contributed by atoms with Crippen molar-refractivity contribution in [3.8, 4) is 0 Å². The van der Waals surface area contributed by atoms with Crippen molar-refractivity contribution in [2.45, 2.75) is 19.1 Å². The van der Waals surface area contributed by atoms with E-state index in [4.69, 9.17) is 4.74 Å². The molecule has 170 valence electrons. The maximum atomic E-state index is 13.6. The number of amides is 2. The summed E-state index contributed by atoms with van der Waals surface area (Å²) >= 11 is 0. The molecule has 1 aromatic heterocycles. The molecule has 1 unspecified atom stereocenters. The molecule has 1 saturated heterocycles. The van der Waals surface area contributed by atoms with Crippen LogP contribution in [-0.2, 0) is 22.6 Å². The second-order valence-corrected chi connectivity index (χ2v) is 7.91. The number of halogens is 1. The molecule has 2 aromatic carbocycles. The van der Waals surface area contributed by atoms with Crippen molar-refractivity contribution < 1.29 is 18.7 Å². The van der Waals surface area contributed by atoms with Crippen molar-refractivity contribution >= 4 is 11.8 Å². The smallest absolute Gasteiger partial charge is 0.274 e. The summed E-state index contributed by atoms with van der Waals surface area (Å²) in [6.07, 6.45) is 4.57. The lowest BCUT2D eigenvalue weighted by Gasteiger charge is -2.25. The van der Waals surface area contributed by atoms with E-state index in [9.17, 15) is 14.0 Å². The monoisotopic (exact) mass is 448 g/mol. The van der Waals surface area contributed by atoms with E-state index >= 15 is 0 Å². The van der Waals surface area contributed by atoms with Crippen molar-refractivity contribution in [1.29, 1.82) is 0 Å². The van der Waals surface area contributed by atoms with Crippen LogP contribution in [0.3, 0.4) is 0 Å². The van der Waals surface area contributed by atoms with Crippen LogP contribution in [0.1, 0.15) is 21.6 Å². The number of aromatic nitrogens is 2. The number of carbonyl (C=O) groups is 2. The van der Waals surface area contributed by atoms with Crippen LogP contribution in [0, 0.1) is 5.82 Å². The third-order valence-corrected chi connectivity index (χ3v) is 5.48. The highest BCUT2D eigenvalue weighted by atomic mass is 19.1. The highest BCUT2D eigenvalue weighted by Gasteiger charge is 2.31. The number of rotatable bonds is 7. The number of benzene rings is 2. The van der Waals surface area contributed by atoms with E-state index in [0.717, 1.165) is 5.56 Å². The minimum atomic E-state index is -0.434. The Kier molecular flexibility index (Phi) is 7.36. The topological polar surface area (TPSA) is 75.6 Å². The quantitative estimate of drug-likeness (QED) is 0.556. The second kappa shape index (κ2) is 10.8. The van der Waals surface area contributed by atoms with Crippen LogP contribution in [0.15, 0.2) is 73.2 Å². The zero-order valence-electron chi connectivity index (χ0n) is 18.1. The van der Waals surface area contributed by atoms with Crippen molar-refractivity contribution in [1.82, 2.24) is 19.8 Å². The molecular formula is C25H25FN4O3. The third-order valence-electron chi connectivity index (χ3n) is 5.48. The molecular weight excluding hydrogens is 423 g/mol. The van der Waals surface area contributed by atoms with Gasteiger partial charge in [-0.1, -0.05) is 42.5 Å². The molecule has 0 bridgehead atoms. The Morgan fingerprint density at radius 3 is 2.64 bits per heavy atom. The summed E-state index contributed by atoms with van der Waals surface area (Å²) in [5.41, 5.74) is 1.99. The van der Waals surface area contributed by atoms with Gasteiger partial charge in [0.05, 0.1) is 18.9 Å². The first-order chi connectivity index (χ1) is 16.1. The number of carbonyl (C=O) groups excluding carboxylic acids is 2. The van der Waals surface area contributed by atoms with Gasteiger partial charge in [-0.2, -0.15) is 0 Å². The number of hydrogen-bond acceptors (Lipinski definition) is 5. The maximum Gasteiger partial charge on any atom is 0.274 e. The fourth-order valence-corrected chi connectivity index (χ4v) is 3.78. The molecule has 3 aromatic rings. The van der Waals surface area contributed by atoms with E-state index < -0.39 is 6.10 Å². The van der Waals surface area contributed by atoms with Crippen LogP contribution in [0.5, 0.6) is 0 Å². The molecule has 1 fully saturated rings. The zero-order valence-corrected chi connectivity index (χ0v) is 18.1. The van der Waals surface area contributed by atoms with Crippen molar-refractivity contribution in [3.63, 3.8) is 0 Å². The zero-order chi connectivity index (χ0) is 23.0. The van der Waals surface area contributed by atoms with Gasteiger partial charge in [-0.25, -0.2) is 9.37 Å². The van der Waals surface area contributed by atoms with E-state index in [2.05, 4.69) is 9.97 Å². The molecule has 0 saturated carbocycles. The van der Waals surface area contributed by atoms with Gasteiger partial charge in [0.15, 0.2) is 0 Å². The lowest BCUT2D eigenvalue weighted by Crippen LogP contribution is -2.40. The number of nitrogens with zero attached hydrogens (tertiary/aromatic N) is 4. The summed E-state index contributed by atoms with van der Waals surface area (Å²) in [6, 6.07) is 16.1. The van der Waals surface area contributed by atoms with Gasteiger partial charge in [0.1, 0.15) is 18.1 Å². The number of hydrogen-bond donors (Lipinski definition) is 0. The average Bonchev–Trinajstić information content (AvgIpc) is 3.00. The average molecular weight is 448 g/mol. The van der Waals surface area contributed by atoms with Gasteiger partial charge in [0, 0.05) is 32.0 Å². The Labute approximate surface area is 191 Å². The van der Waals surface area contributed by atoms with Gasteiger partial charge < -0.3 is 14.5 Å². The van der Waals surface area contributed by atoms with Gasteiger partial charge in [0.2, 0.25) is 5.91 Å². The van der Waals surface area contributed by atoms with Crippen LogP contribution < -0.4 is 0 Å². The molecule has 1 aliphatic rings.